The topological polar surface area (TPSA) is 77.0 Å². The number of anilines is 2. The molecule has 0 N–H and O–H groups in total. The Morgan fingerprint density at radius 1 is 0.975 bits per heavy atom. The van der Waals surface area contributed by atoms with Gasteiger partial charge in [-0.3, -0.25) is 4.90 Å². The molecule has 0 fully saturated rings. The van der Waals surface area contributed by atoms with Crippen molar-refractivity contribution in [2.45, 2.75) is 26.4 Å². The van der Waals surface area contributed by atoms with Gasteiger partial charge in [0.1, 0.15) is 16.4 Å². The average molecular weight is 693 g/mol. The average Bonchev–Trinajstić information content (AvgIpc) is 3.35. The Bertz CT molecular complexity index is 1410. The lowest BCUT2D eigenvalue weighted by molar-refractivity contribution is 0.0554. The van der Waals surface area contributed by atoms with Crippen LogP contribution in [0.2, 0.25) is 0 Å². The summed E-state index contributed by atoms with van der Waals surface area (Å²) in [5.41, 5.74) is 4.20. The first-order valence-electron chi connectivity index (χ1n) is 12.8. The molecule has 8 nitrogen and oxygen atoms in total. The number of halogens is 1. The quantitative estimate of drug-likeness (QED) is 0.0894. The molecule has 2 aromatic heterocycles. The molecule has 1 amide bonds. The van der Waals surface area contributed by atoms with E-state index < -0.39 is 11.7 Å². The fourth-order valence-corrected chi connectivity index (χ4v) is 5.53. The summed E-state index contributed by atoms with van der Waals surface area (Å²) in [6.07, 6.45) is 1.48. The molecule has 0 atom stereocenters. The lowest BCUT2D eigenvalue weighted by atomic mass is 10.1. The number of hydrogen-bond acceptors (Lipinski definition) is 9. The molecule has 40 heavy (non-hydrogen) atoms. The third-order valence-corrected chi connectivity index (χ3v) is 7.87. The Morgan fingerprint density at radius 3 is 2.35 bits per heavy atom. The molecule has 4 rings (SSSR count). The minimum atomic E-state index is -0.611. The number of thiazole rings is 1. The second-order valence-electron chi connectivity index (χ2n) is 10.2. The number of fused-ring (bicyclic) bond motifs is 1. The molecule has 4 aromatic rings. The van der Waals surface area contributed by atoms with Gasteiger partial charge in [0.25, 0.3) is 0 Å². The van der Waals surface area contributed by atoms with E-state index >= 15 is 0 Å². The third-order valence-electron chi connectivity index (χ3n) is 5.78. The maximum atomic E-state index is 13.1. The number of ether oxygens (including phenoxy) is 2. The fraction of sp³-hybridized carbons (Fsp3) is 0.345. The van der Waals surface area contributed by atoms with Crippen molar-refractivity contribution >= 4 is 69.6 Å². The summed E-state index contributed by atoms with van der Waals surface area (Å²) >= 11 is 3.66. The summed E-state index contributed by atoms with van der Waals surface area (Å²) in [5, 5.41) is 0.917. The van der Waals surface area contributed by atoms with Crippen LogP contribution in [0.4, 0.5) is 16.3 Å². The molecular weight excluding hydrogens is 659 g/mol. The van der Waals surface area contributed by atoms with Gasteiger partial charge in [-0.2, -0.15) is 0 Å². The normalized spacial score (nSPS) is 11.6. The van der Waals surface area contributed by atoms with Crippen LogP contribution < -0.4 is 9.80 Å². The van der Waals surface area contributed by atoms with E-state index in [0.717, 1.165) is 43.4 Å². The second-order valence-corrected chi connectivity index (χ2v) is 12.6. The highest BCUT2D eigenvalue weighted by atomic mass is 127. The van der Waals surface area contributed by atoms with Crippen molar-refractivity contribution in [2.24, 2.45) is 0 Å². The summed E-state index contributed by atoms with van der Waals surface area (Å²) in [6.45, 7) is 7.23. The number of hydrogen-bond donors (Lipinski definition) is 0. The van der Waals surface area contributed by atoms with Gasteiger partial charge in [0.05, 0.1) is 45.8 Å². The predicted octanol–water partition coefficient (Wildman–Crippen LogP) is 7.86. The van der Waals surface area contributed by atoms with Crippen LogP contribution in [0.25, 0.3) is 31.9 Å². The molecule has 0 aliphatic carbocycles. The van der Waals surface area contributed by atoms with Crippen LogP contribution in [0.15, 0.2) is 60.8 Å². The minimum Gasteiger partial charge on any atom is -0.443 e. The lowest BCUT2D eigenvalue weighted by Crippen LogP contribution is -2.39. The van der Waals surface area contributed by atoms with Crippen LogP contribution >= 0.6 is 41.8 Å². The smallest absolute Gasteiger partial charge is 0.414 e. The number of benzene rings is 2. The Hall–Kier alpha value is -2.45. The molecule has 0 aliphatic rings. The highest BCUT2D eigenvalue weighted by molar-refractivity contribution is 14.2. The largest absolute Gasteiger partial charge is 0.443 e. The molecular formula is C29H33IN4O4S2. The maximum Gasteiger partial charge on any atom is 0.414 e. The molecule has 0 saturated carbocycles. The highest BCUT2D eigenvalue weighted by Gasteiger charge is 2.24. The van der Waals surface area contributed by atoms with Crippen LogP contribution in [-0.4, -0.2) is 62.1 Å². The third kappa shape index (κ3) is 8.29. The number of pyridine rings is 1. The molecule has 0 unspecified atom stereocenters. The number of carbonyl (C=O) groups excluding carboxylic acids is 1. The molecule has 212 valence electrons. The van der Waals surface area contributed by atoms with Gasteiger partial charge in [-0.05, 0) is 56.7 Å². The SMILES string of the molecule is CN(C)c1ccc(-c2ccc(-c3nc4ccc(N(CCOCCOSI)C(=O)OC(C)(C)C)cc4s3)cc2)cn1. The Labute approximate surface area is 255 Å². The zero-order valence-electron chi connectivity index (χ0n) is 23.2. The van der Waals surface area contributed by atoms with Gasteiger partial charge in [-0.1, -0.05) is 24.3 Å². The zero-order chi connectivity index (χ0) is 28.7. The number of aromatic nitrogens is 2. The lowest BCUT2D eigenvalue weighted by Gasteiger charge is -2.27. The summed E-state index contributed by atoms with van der Waals surface area (Å²) < 4.78 is 17.6. The Balaban J connectivity index is 1.52. The summed E-state index contributed by atoms with van der Waals surface area (Å²) in [5.74, 6) is 0.924. The van der Waals surface area contributed by atoms with Gasteiger partial charge in [0.15, 0.2) is 0 Å². The minimum absolute atomic E-state index is 0.356. The molecule has 0 bridgehead atoms. The Kier molecular flexibility index (Phi) is 10.6. The van der Waals surface area contributed by atoms with Crippen molar-refractivity contribution in [1.29, 1.82) is 0 Å². The number of nitrogens with zero attached hydrogens (tertiary/aromatic N) is 4. The zero-order valence-corrected chi connectivity index (χ0v) is 27.0. The van der Waals surface area contributed by atoms with E-state index in [1.54, 1.807) is 16.2 Å². The molecule has 2 heterocycles. The van der Waals surface area contributed by atoms with Crippen LogP contribution in [-0.2, 0) is 13.7 Å². The van der Waals surface area contributed by atoms with Crippen molar-refractivity contribution in [3.8, 4) is 21.7 Å². The molecule has 0 radical (unpaired) electrons. The highest BCUT2D eigenvalue weighted by Crippen LogP contribution is 2.34. The standard InChI is InChI=1S/C29H33IN4O4S2/c1-29(2,3)38-28(35)34(14-15-36-16-17-37-40-30)23-11-12-24-25(18-23)39-27(32-24)21-8-6-20(7-9-21)22-10-13-26(31-19-22)33(4)5/h6-13,18-19H,14-17H2,1-5H3. The summed E-state index contributed by atoms with van der Waals surface area (Å²) in [6, 6.07) is 18.3. The van der Waals surface area contributed by atoms with Gasteiger partial charge in [-0.15, -0.1) is 11.3 Å². The monoisotopic (exact) mass is 692 g/mol. The van der Waals surface area contributed by atoms with Gasteiger partial charge in [0.2, 0.25) is 0 Å². The van der Waals surface area contributed by atoms with Crippen LogP contribution in [0.1, 0.15) is 20.8 Å². The van der Waals surface area contributed by atoms with Gasteiger partial charge < -0.3 is 18.6 Å². The van der Waals surface area contributed by atoms with Crippen molar-refractivity contribution in [2.75, 3.05) is 50.3 Å². The first-order chi connectivity index (χ1) is 19.1. The predicted molar refractivity (Wildman–Crippen MR) is 175 cm³/mol. The van der Waals surface area contributed by atoms with Crippen molar-refractivity contribution in [3.63, 3.8) is 0 Å². The summed E-state index contributed by atoms with van der Waals surface area (Å²) in [4.78, 5) is 26.1. The van der Waals surface area contributed by atoms with E-state index in [0.29, 0.717) is 26.4 Å². The number of carbonyl (C=O) groups is 1. The van der Waals surface area contributed by atoms with Crippen LogP contribution in [0, 0.1) is 0 Å². The van der Waals surface area contributed by atoms with E-state index in [1.807, 2.05) is 70.2 Å². The Morgan fingerprint density at radius 2 is 1.70 bits per heavy atom. The molecule has 11 heteroatoms. The number of amides is 1. The number of rotatable bonds is 11. The van der Waals surface area contributed by atoms with E-state index in [4.69, 9.17) is 18.6 Å². The molecule has 0 aliphatic heterocycles. The van der Waals surface area contributed by atoms with Crippen LogP contribution in [0.5, 0.6) is 0 Å². The van der Waals surface area contributed by atoms with E-state index in [1.165, 1.54) is 9.21 Å². The van der Waals surface area contributed by atoms with Gasteiger partial charge in [0, 0.05) is 58.3 Å². The molecule has 0 saturated heterocycles. The maximum absolute atomic E-state index is 13.1. The van der Waals surface area contributed by atoms with E-state index in [-0.39, 0.29) is 0 Å². The van der Waals surface area contributed by atoms with Crippen LogP contribution in [0.3, 0.4) is 0 Å². The van der Waals surface area contributed by atoms with E-state index in [9.17, 15) is 4.79 Å². The summed E-state index contributed by atoms with van der Waals surface area (Å²) in [7, 11) is 5.23. The first kappa shape index (κ1) is 30.5. The molecule has 2 aromatic carbocycles. The fourth-order valence-electron chi connectivity index (χ4n) is 3.86. The van der Waals surface area contributed by atoms with Gasteiger partial charge in [-0.25, -0.2) is 14.8 Å². The second kappa shape index (κ2) is 13.9. The van der Waals surface area contributed by atoms with E-state index in [2.05, 4.69) is 56.5 Å². The van der Waals surface area contributed by atoms with Crippen molar-refractivity contribution < 1.29 is 18.5 Å². The van der Waals surface area contributed by atoms with Crippen molar-refractivity contribution in [1.82, 2.24) is 9.97 Å². The van der Waals surface area contributed by atoms with Crippen molar-refractivity contribution in [3.05, 3.63) is 60.8 Å². The molecule has 0 spiro atoms. The first-order valence-corrected chi connectivity index (χ1v) is 16.9. The van der Waals surface area contributed by atoms with Gasteiger partial charge >= 0.3 is 6.09 Å².